The van der Waals surface area contributed by atoms with E-state index in [0.29, 0.717) is 6.54 Å². The maximum Gasteiger partial charge on any atom is 0.408 e. The van der Waals surface area contributed by atoms with Crippen molar-refractivity contribution >= 4 is 17.7 Å². The Labute approximate surface area is 138 Å². The number of anilines is 1. The van der Waals surface area contributed by atoms with Crippen LogP contribution in [0.2, 0.25) is 0 Å². The van der Waals surface area contributed by atoms with Gasteiger partial charge in [-0.3, -0.25) is 4.79 Å². The average Bonchev–Trinajstić information content (AvgIpc) is 2.71. The SMILES string of the molecule is CCCCCN1C(=O)C(NC(=O)OC(C)(C)C)c2ccccc21. The molecule has 23 heavy (non-hydrogen) atoms. The van der Waals surface area contributed by atoms with E-state index in [1.807, 2.05) is 24.3 Å². The number of carbonyl (C=O) groups is 2. The Bertz CT molecular complexity index is 578. The van der Waals surface area contributed by atoms with Crippen LogP contribution in [0.3, 0.4) is 0 Å². The van der Waals surface area contributed by atoms with Gasteiger partial charge in [-0.25, -0.2) is 4.79 Å². The van der Waals surface area contributed by atoms with Gasteiger partial charge in [-0.1, -0.05) is 38.0 Å². The molecule has 0 aromatic heterocycles. The first-order valence-corrected chi connectivity index (χ1v) is 8.23. The van der Waals surface area contributed by atoms with Crippen LogP contribution in [0.1, 0.15) is 58.6 Å². The fourth-order valence-electron chi connectivity index (χ4n) is 2.70. The number of para-hydroxylation sites is 1. The first kappa shape index (κ1) is 17.3. The third-order valence-electron chi connectivity index (χ3n) is 3.70. The number of ether oxygens (including phenoxy) is 1. The third-order valence-corrected chi connectivity index (χ3v) is 3.70. The minimum absolute atomic E-state index is 0.0897. The molecule has 1 N–H and O–H groups in total. The van der Waals surface area contributed by atoms with E-state index in [9.17, 15) is 9.59 Å². The second-order valence-corrected chi connectivity index (χ2v) is 6.84. The fourth-order valence-corrected chi connectivity index (χ4v) is 2.70. The van der Waals surface area contributed by atoms with E-state index in [1.165, 1.54) is 0 Å². The molecule has 0 saturated heterocycles. The van der Waals surface area contributed by atoms with Crippen LogP contribution in [0.15, 0.2) is 24.3 Å². The molecule has 5 nitrogen and oxygen atoms in total. The first-order chi connectivity index (χ1) is 10.8. The maximum absolute atomic E-state index is 12.7. The van der Waals surface area contributed by atoms with Gasteiger partial charge in [-0.05, 0) is 33.3 Å². The molecule has 1 unspecified atom stereocenters. The third kappa shape index (κ3) is 4.24. The number of fused-ring (bicyclic) bond motifs is 1. The highest BCUT2D eigenvalue weighted by molar-refractivity contribution is 6.05. The number of nitrogens with one attached hydrogen (secondary N) is 1. The van der Waals surface area contributed by atoms with E-state index in [2.05, 4.69) is 12.2 Å². The van der Waals surface area contributed by atoms with Gasteiger partial charge < -0.3 is 15.0 Å². The van der Waals surface area contributed by atoms with Gasteiger partial charge in [0, 0.05) is 17.8 Å². The zero-order chi connectivity index (χ0) is 17.0. The highest BCUT2D eigenvalue weighted by Crippen LogP contribution is 2.36. The van der Waals surface area contributed by atoms with Crippen LogP contribution in [0.4, 0.5) is 10.5 Å². The lowest BCUT2D eigenvalue weighted by Gasteiger charge is -2.22. The molecule has 0 radical (unpaired) electrons. The summed E-state index contributed by atoms with van der Waals surface area (Å²) in [5, 5.41) is 2.71. The summed E-state index contributed by atoms with van der Waals surface area (Å²) >= 11 is 0. The van der Waals surface area contributed by atoms with Crippen LogP contribution >= 0.6 is 0 Å². The summed E-state index contributed by atoms with van der Waals surface area (Å²) in [6, 6.07) is 6.94. The Kier molecular flexibility index (Phi) is 5.29. The number of hydrogen-bond donors (Lipinski definition) is 1. The van der Waals surface area contributed by atoms with Crippen LogP contribution in [-0.2, 0) is 9.53 Å². The highest BCUT2D eigenvalue weighted by Gasteiger charge is 2.38. The molecule has 1 heterocycles. The van der Waals surface area contributed by atoms with Crippen molar-refractivity contribution in [2.45, 2.75) is 58.6 Å². The molecule has 1 atom stereocenters. The molecule has 5 heteroatoms. The molecule has 0 saturated carbocycles. The Morgan fingerprint density at radius 3 is 2.61 bits per heavy atom. The van der Waals surface area contributed by atoms with Crippen molar-refractivity contribution in [1.29, 1.82) is 0 Å². The molecule has 0 fully saturated rings. The van der Waals surface area contributed by atoms with Gasteiger partial charge in [0.25, 0.3) is 5.91 Å². The molecule has 2 amide bonds. The molecule has 126 valence electrons. The monoisotopic (exact) mass is 318 g/mol. The number of amides is 2. The number of rotatable bonds is 5. The van der Waals surface area contributed by atoms with Gasteiger partial charge in [0.15, 0.2) is 0 Å². The van der Waals surface area contributed by atoms with Gasteiger partial charge in [0.1, 0.15) is 11.6 Å². The molecule has 2 rings (SSSR count). The minimum atomic E-state index is -0.664. The van der Waals surface area contributed by atoms with Crippen molar-refractivity contribution < 1.29 is 14.3 Å². The molecule has 1 aliphatic rings. The van der Waals surface area contributed by atoms with Crippen LogP contribution in [0.5, 0.6) is 0 Å². The smallest absolute Gasteiger partial charge is 0.408 e. The van der Waals surface area contributed by atoms with Crippen LogP contribution in [-0.4, -0.2) is 24.1 Å². The molecular weight excluding hydrogens is 292 g/mol. The quantitative estimate of drug-likeness (QED) is 0.840. The van der Waals surface area contributed by atoms with E-state index in [1.54, 1.807) is 25.7 Å². The Hall–Kier alpha value is -2.04. The normalized spacial score (nSPS) is 17.1. The van der Waals surface area contributed by atoms with Gasteiger partial charge in [0.05, 0.1) is 0 Å². The summed E-state index contributed by atoms with van der Waals surface area (Å²) in [6.45, 7) is 8.21. The van der Waals surface area contributed by atoms with Crippen LogP contribution in [0.25, 0.3) is 0 Å². The fraction of sp³-hybridized carbons (Fsp3) is 0.556. The summed E-state index contributed by atoms with van der Waals surface area (Å²) in [7, 11) is 0. The summed E-state index contributed by atoms with van der Waals surface area (Å²) in [5.74, 6) is -0.0897. The number of hydrogen-bond acceptors (Lipinski definition) is 3. The lowest BCUT2D eigenvalue weighted by molar-refractivity contribution is -0.120. The predicted octanol–water partition coefficient (Wildman–Crippen LogP) is 3.79. The van der Waals surface area contributed by atoms with Crippen molar-refractivity contribution in [3.63, 3.8) is 0 Å². The zero-order valence-corrected chi connectivity index (χ0v) is 14.4. The number of unbranched alkanes of at least 4 members (excludes halogenated alkanes) is 2. The van der Waals surface area contributed by atoms with Crippen molar-refractivity contribution in [2.75, 3.05) is 11.4 Å². The summed E-state index contributed by atoms with van der Waals surface area (Å²) in [4.78, 5) is 26.5. The molecule has 0 bridgehead atoms. The topological polar surface area (TPSA) is 58.6 Å². The van der Waals surface area contributed by atoms with Crippen molar-refractivity contribution in [2.24, 2.45) is 0 Å². The molecule has 0 aliphatic carbocycles. The van der Waals surface area contributed by atoms with Gasteiger partial charge in [-0.15, -0.1) is 0 Å². The molecular formula is C18H26N2O3. The molecule has 0 spiro atoms. The largest absolute Gasteiger partial charge is 0.444 e. The second kappa shape index (κ2) is 7.02. The Balaban J connectivity index is 2.14. The van der Waals surface area contributed by atoms with E-state index >= 15 is 0 Å². The number of benzene rings is 1. The van der Waals surface area contributed by atoms with Gasteiger partial charge >= 0.3 is 6.09 Å². The Morgan fingerprint density at radius 2 is 1.96 bits per heavy atom. The minimum Gasteiger partial charge on any atom is -0.444 e. The van der Waals surface area contributed by atoms with Crippen molar-refractivity contribution in [1.82, 2.24) is 5.32 Å². The van der Waals surface area contributed by atoms with E-state index in [0.717, 1.165) is 30.5 Å². The zero-order valence-electron chi connectivity index (χ0n) is 14.4. The van der Waals surface area contributed by atoms with Gasteiger partial charge in [-0.2, -0.15) is 0 Å². The number of nitrogens with zero attached hydrogens (tertiary/aromatic N) is 1. The molecule has 1 aromatic rings. The van der Waals surface area contributed by atoms with Crippen LogP contribution < -0.4 is 10.2 Å². The summed E-state index contributed by atoms with van der Waals surface area (Å²) in [6.07, 6.45) is 2.57. The standard InChI is InChI=1S/C18H26N2O3/c1-5-6-9-12-20-14-11-8-7-10-13(14)15(16(20)21)19-17(22)23-18(2,3)4/h7-8,10-11,15H,5-6,9,12H2,1-4H3,(H,19,22). The lowest BCUT2D eigenvalue weighted by Crippen LogP contribution is -2.40. The summed E-state index contributed by atoms with van der Waals surface area (Å²) in [5.41, 5.74) is 1.13. The predicted molar refractivity (Wildman–Crippen MR) is 90.4 cm³/mol. The van der Waals surface area contributed by atoms with Gasteiger partial charge in [0.2, 0.25) is 0 Å². The first-order valence-electron chi connectivity index (χ1n) is 8.23. The maximum atomic E-state index is 12.7. The Morgan fingerprint density at radius 1 is 1.26 bits per heavy atom. The molecule has 1 aliphatic heterocycles. The average molecular weight is 318 g/mol. The van der Waals surface area contributed by atoms with E-state index in [-0.39, 0.29) is 5.91 Å². The van der Waals surface area contributed by atoms with Crippen molar-refractivity contribution in [3.05, 3.63) is 29.8 Å². The summed E-state index contributed by atoms with van der Waals surface area (Å²) < 4.78 is 5.28. The van der Waals surface area contributed by atoms with Crippen molar-refractivity contribution in [3.8, 4) is 0 Å². The highest BCUT2D eigenvalue weighted by atomic mass is 16.6. The second-order valence-electron chi connectivity index (χ2n) is 6.84. The lowest BCUT2D eigenvalue weighted by atomic mass is 10.1. The van der Waals surface area contributed by atoms with E-state index in [4.69, 9.17) is 4.74 Å². The number of alkyl carbamates (subject to hydrolysis) is 1. The van der Waals surface area contributed by atoms with Crippen LogP contribution in [0, 0.1) is 0 Å². The molecule has 1 aromatic carbocycles. The van der Waals surface area contributed by atoms with E-state index < -0.39 is 17.7 Å². The number of carbonyl (C=O) groups excluding carboxylic acids is 2.